The zero-order valence-electron chi connectivity index (χ0n) is 18.0. The maximum absolute atomic E-state index is 13.9. The van der Waals surface area contributed by atoms with Crippen molar-refractivity contribution in [2.24, 2.45) is 5.92 Å². The van der Waals surface area contributed by atoms with Crippen molar-refractivity contribution in [1.82, 2.24) is 20.0 Å². The van der Waals surface area contributed by atoms with Crippen molar-refractivity contribution in [1.29, 1.82) is 0 Å². The van der Waals surface area contributed by atoms with Gasteiger partial charge in [-0.15, -0.1) is 0 Å². The van der Waals surface area contributed by atoms with Crippen molar-refractivity contribution in [3.05, 3.63) is 69.2 Å². The molecule has 1 aromatic carbocycles. The number of hydrogen-bond donors (Lipinski definition) is 1. The van der Waals surface area contributed by atoms with Gasteiger partial charge in [-0.25, -0.2) is 4.39 Å². The molecule has 1 N–H and O–H groups in total. The number of amides is 1. The average molecular weight is 469 g/mol. The van der Waals surface area contributed by atoms with Gasteiger partial charge in [0.1, 0.15) is 22.5 Å². The van der Waals surface area contributed by atoms with Crippen molar-refractivity contribution >= 4 is 39.3 Å². The lowest BCUT2D eigenvalue weighted by atomic mass is 9.85. The Balaban J connectivity index is 1.45. The minimum absolute atomic E-state index is 0.0667. The molecule has 1 amide bonds. The van der Waals surface area contributed by atoms with Gasteiger partial charge in [0.25, 0.3) is 11.5 Å². The Morgan fingerprint density at radius 2 is 2.15 bits per heavy atom. The standard InChI is InChI=1S/C24H22ClFN4O3/c1-13-20-22(29-33-13)21-17(25)6-3-7-19(21)30(24(20)32)15-5-2-4-14(10-15)11-28-23(31)16-12-27-9-8-18(16)26/h3,6-9,12,14-15H,2,4-5,10-11H2,1H3,(H,28,31)/t14-,15+/m1/s1. The number of halogens is 2. The molecule has 1 aliphatic rings. The topological polar surface area (TPSA) is 90.0 Å². The number of nitrogens with zero attached hydrogens (tertiary/aromatic N) is 3. The Hall–Kier alpha value is -3.26. The van der Waals surface area contributed by atoms with Gasteiger partial charge in [0.15, 0.2) is 0 Å². The number of aryl methyl sites for hydroxylation is 1. The largest absolute Gasteiger partial charge is 0.360 e. The Bertz CT molecular complexity index is 1430. The summed E-state index contributed by atoms with van der Waals surface area (Å²) in [6.45, 7) is 2.12. The lowest BCUT2D eigenvalue weighted by Crippen LogP contribution is -2.35. The van der Waals surface area contributed by atoms with Crippen LogP contribution >= 0.6 is 11.6 Å². The summed E-state index contributed by atoms with van der Waals surface area (Å²) in [6, 6.07) is 6.57. The molecule has 0 bridgehead atoms. The number of fused-ring (bicyclic) bond motifs is 3. The molecular weight excluding hydrogens is 447 g/mol. The Morgan fingerprint density at radius 3 is 2.97 bits per heavy atom. The van der Waals surface area contributed by atoms with Crippen LogP contribution in [0.15, 0.2) is 46.0 Å². The Labute approximate surface area is 193 Å². The molecule has 1 fully saturated rings. The molecule has 33 heavy (non-hydrogen) atoms. The molecule has 9 heteroatoms. The van der Waals surface area contributed by atoms with Crippen LogP contribution in [0.3, 0.4) is 0 Å². The summed E-state index contributed by atoms with van der Waals surface area (Å²) in [5.41, 5.74) is 0.980. The first-order valence-corrected chi connectivity index (χ1v) is 11.3. The van der Waals surface area contributed by atoms with Crippen molar-refractivity contribution in [2.45, 2.75) is 38.6 Å². The maximum atomic E-state index is 13.9. The first-order valence-electron chi connectivity index (χ1n) is 10.9. The summed E-state index contributed by atoms with van der Waals surface area (Å²) in [5.74, 6) is -0.480. The van der Waals surface area contributed by atoms with Gasteiger partial charge >= 0.3 is 0 Å². The molecule has 2 atom stereocenters. The van der Waals surface area contributed by atoms with Gasteiger partial charge in [-0.3, -0.25) is 14.6 Å². The van der Waals surface area contributed by atoms with Crippen LogP contribution in [0.1, 0.15) is 47.8 Å². The van der Waals surface area contributed by atoms with Gasteiger partial charge in [-0.05, 0) is 50.3 Å². The molecule has 4 aromatic rings. The summed E-state index contributed by atoms with van der Waals surface area (Å²) in [6.07, 6.45) is 5.88. The molecule has 170 valence electrons. The highest BCUT2D eigenvalue weighted by Crippen LogP contribution is 2.36. The molecule has 0 unspecified atom stereocenters. The van der Waals surface area contributed by atoms with Gasteiger partial charge in [0.05, 0.1) is 16.1 Å². The quantitative estimate of drug-likeness (QED) is 0.464. The first-order chi connectivity index (χ1) is 16.0. The van der Waals surface area contributed by atoms with Crippen molar-refractivity contribution in [3.8, 4) is 0 Å². The number of aromatic nitrogens is 3. The number of rotatable bonds is 4. The molecule has 0 spiro atoms. The van der Waals surface area contributed by atoms with E-state index in [4.69, 9.17) is 16.1 Å². The molecule has 7 nitrogen and oxygen atoms in total. The Morgan fingerprint density at radius 1 is 1.30 bits per heavy atom. The highest BCUT2D eigenvalue weighted by molar-refractivity contribution is 6.37. The fourth-order valence-corrected chi connectivity index (χ4v) is 5.15. The predicted octanol–water partition coefficient (Wildman–Crippen LogP) is 4.80. The van der Waals surface area contributed by atoms with E-state index < -0.39 is 11.7 Å². The number of pyridine rings is 2. The zero-order valence-corrected chi connectivity index (χ0v) is 18.7. The molecular formula is C24H22ClFN4O3. The van der Waals surface area contributed by atoms with E-state index in [0.29, 0.717) is 40.0 Å². The normalized spacial score (nSPS) is 18.6. The number of benzene rings is 1. The van der Waals surface area contributed by atoms with E-state index in [1.165, 1.54) is 12.4 Å². The molecule has 3 aromatic heterocycles. The third-order valence-electron chi connectivity index (χ3n) is 6.47. The first kappa shape index (κ1) is 21.6. The van der Waals surface area contributed by atoms with Crippen LogP contribution in [0.2, 0.25) is 5.02 Å². The van der Waals surface area contributed by atoms with E-state index in [0.717, 1.165) is 30.8 Å². The molecule has 0 aliphatic heterocycles. The third-order valence-corrected chi connectivity index (χ3v) is 6.78. The minimum atomic E-state index is -0.601. The molecule has 3 heterocycles. The molecule has 5 rings (SSSR count). The van der Waals surface area contributed by atoms with E-state index >= 15 is 0 Å². The summed E-state index contributed by atoms with van der Waals surface area (Å²) >= 11 is 6.51. The van der Waals surface area contributed by atoms with Gasteiger partial charge in [-0.1, -0.05) is 29.2 Å². The van der Waals surface area contributed by atoms with E-state index in [2.05, 4.69) is 15.5 Å². The van der Waals surface area contributed by atoms with Crippen LogP contribution in [-0.4, -0.2) is 27.2 Å². The van der Waals surface area contributed by atoms with Crippen molar-refractivity contribution < 1.29 is 13.7 Å². The molecule has 0 radical (unpaired) electrons. The van der Waals surface area contributed by atoms with E-state index in [1.807, 2.05) is 16.7 Å². The van der Waals surface area contributed by atoms with Crippen LogP contribution in [0, 0.1) is 18.7 Å². The minimum Gasteiger partial charge on any atom is -0.360 e. The second kappa shape index (κ2) is 8.59. The van der Waals surface area contributed by atoms with E-state index in [1.54, 1.807) is 13.0 Å². The van der Waals surface area contributed by atoms with Crippen LogP contribution in [0.25, 0.3) is 21.8 Å². The fourth-order valence-electron chi connectivity index (χ4n) is 4.89. The van der Waals surface area contributed by atoms with E-state index in [9.17, 15) is 14.0 Å². The lowest BCUT2D eigenvalue weighted by Gasteiger charge is -2.31. The van der Waals surface area contributed by atoms with Gasteiger partial charge in [-0.2, -0.15) is 0 Å². The van der Waals surface area contributed by atoms with Gasteiger partial charge in [0, 0.05) is 30.4 Å². The highest BCUT2D eigenvalue weighted by atomic mass is 35.5. The highest BCUT2D eigenvalue weighted by Gasteiger charge is 2.28. The average Bonchev–Trinajstić information content (AvgIpc) is 3.20. The smallest absolute Gasteiger partial charge is 0.264 e. The lowest BCUT2D eigenvalue weighted by molar-refractivity contribution is 0.0936. The van der Waals surface area contributed by atoms with Crippen LogP contribution in [0.5, 0.6) is 0 Å². The van der Waals surface area contributed by atoms with E-state index in [-0.39, 0.29) is 23.1 Å². The zero-order chi connectivity index (χ0) is 23.1. The summed E-state index contributed by atoms with van der Waals surface area (Å²) in [5, 5.41) is 8.58. The SMILES string of the molecule is Cc1onc2c1c(=O)n([C@H]1CCC[C@@H](CNC(=O)c3cnccc3F)C1)c1cccc(Cl)c21. The van der Waals surface area contributed by atoms with Crippen LogP contribution in [-0.2, 0) is 0 Å². The number of carbonyl (C=O) groups is 1. The summed E-state index contributed by atoms with van der Waals surface area (Å²) in [7, 11) is 0. The number of carbonyl (C=O) groups excluding carboxylic acids is 1. The molecule has 1 saturated carbocycles. The van der Waals surface area contributed by atoms with Gasteiger partial charge < -0.3 is 14.4 Å². The summed E-state index contributed by atoms with van der Waals surface area (Å²) in [4.78, 5) is 29.8. The predicted molar refractivity (Wildman–Crippen MR) is 123 cm³/mol. The number of nitrogens with one attached hydrogen (secondary N) is 1. The van der Waals surface area contributed by atoms with Gasteiger partial charge in [0.2, 0.25) is 0 Å². The second-order valence-electron chi connectivity index (χ2n) is 8.52. The van der Waals surface area contributed by atoms with Crippen LogP contribution in [0.4, 0.5) is 4.39 Å². The second-order valence-corrected chi connectivity index (χ2v) is 8.93. The molecule has 1 aliphatic carbocycles. The monoisotopic (exact) mass is 468 g/mol. The van der Waals surface area contributed by atoms with Crippen molar-refractivity contribution in [3.63, 3.8) is 0 Å². The maximum Gasteiger partial charge on any atom is 0.264 e. The van der Waals surface area contributed by atoms with Crippen molar-refractivity contribution in [2.75, 3.05) is 6.54 Å². The third kappa shape index (κ3) is 3.78. The van der Waals surface area contributed by atoms with Crippen LogP contribution < -0.4 is 10.9 Å². The Kier molecular flexibility index (Phi) is 5.62. The number of hydrogen-bond acceptors (Lipinski definition) is 5. The fraction of sp³-hybridized carbons (Fsp3) is 0.333. The molecule has 0 saturated heterocycles. The summed E-state index contributed by atoms with van der Waals surface area (Å²) < 4.78 is 21.0.